The third kappa shape index (κ3) is 3.11. The van der Waals surface area contributed by atoms with Gasteiger partial charge in [-0.25, -0.2) is 9.97 Å². The van der Waals surface area contributed by atoms with E-state index in [9.17, 15) is 0 Å². The molecule has 136 valence electrons. The largest absolute Gasteiger partial charge is 0.350 e. The normalized spacial score (nSPS) is 20.5. The predicted molar refractivity (Wildman–Crippen MR) is 106 cm³/mol. The molecule has 0 radical (unpaired) electrons. The van der Waals surface area contributed by atoms with E-state index in [-0.39, 0.29) is 0 Å². The number of fused-ring (bicyclic) bond motifs is 1. The Morgan fingerprint density at radius 1 is 1.15 bits per heavy atom. The fraction of sp³-hybridized carbons (Fsp3) is 0.450. The van der Waals surface area contributed by atoms with Gasteiger partial charge in [-0.2, -0.15) is 4.98 Å². The van der Waals surface area contributed by atoms with E-state index in [0.29, 0.717) is 5.92 Å². The fourth-order valence-corrected chi connectivity index (χ4v) is 3.68. The SMILES string of the molecule is Cc1cn(C)c2cc(Nc3ccnc(N4CCC(C)C(C)C4)n3)ncc12. The lowest BCUT2D eigenvalue weighted by Gasteiger charge is -2.35. The lowest BCUT2D eigenvalue weighted by Crippen LogP contribution is -2.39. The quantitative estimate of drug-likeness (QED) is 0.776. The third-order valence-corrected chi connectivity index (χ3v) is 5.59. The number of aryl methyl sites for hydroxylation is 2. The van der Waals surface area contributed by atoms with Crippen LogP contribution in [0.3, 0.4) is 0 Å². The van der Waals surface area contributed by atoms with Crippen molar-refractivity contribution in [3.05, 3.63) is 36.3 Å². The van der Waals surface area contributed by atoms with Crippen LogP contribution in [0.25, 0.3) is 10.9 Å². The highest BCUT2D eigenvalue weighted by Crippen LogP contribution is 2.26. The highest BCUT2D eigenvalue weighted by Gasteiger charge is 2.24. The van der Waals surface area contributed by atoms with E-state index < -0.39 is 0 Å². The highest BCUT2D eigenvalue weighted by atomic mass is 15.3. The summed E-state index contributed by atoms with van der Waals surface area (Å²) in [6.45, 7) is 8.77. The molecule has 0 amide bonds. The molecule has 0 bridgehead atoms. The number of nitrogens with zero attached hydrogens (tertiary/aromatic N) is 5. The van der Waals surface area contributed by atoms with Gasteiger partial charge in [0.1, 0.15) is 11.6 Å². The summed E-state index contributed by atoms with van der Waals surface area (Å²) < 4.78 is 2.12. The lowest BCUT2D eigenvalue weighted by atomic mass is 9.89. The average molecular weight is 350 g/mol. The molecule has 6 nitrogen and oxygen atoms in total. The molecule has 1 fully saturated rings. The zero-order valence-corrected chi connectivity index (χ0v) is 15.9. The molecule has 1 aliphatic heterocycles. The minimum atomic E-state index is 0.661. The monoisotopic (exact) mass is 350 g/mol. The summed E-state index contributed by atoms with van der Waals surface area (Å²) in [6.07, 6.45) is 7.05. The van der Waals surface area contributed by atoms with Crippen molar-refractivity contribution in [3.8, 4) is 0 Å². The van der Waals surface area contributed by atoms with Gasteiger partial charge in [-0.05, 0) is 36.8 Å². The molecule has 3 aromatic rings. The molecule has 0 saturated carbocycles. The number of pyridine rings is 1. The van der Waals surface area contributed by atoms with Gasteiger partial charge in [-0.15, -0.1) is 0 Å². The van der Waals surface area contributed by atoms with Crippen LogP contribution in [0.5, 0.6) is 0 Å². The van der Waals surface area contributed by atoms with Gasteiger partial charge < -0.3 is 14.8 Å². The molecule has 1 saturated heterocycles. The minimum Gasteiger partial charge on any atom is -0.350 e. The van der Waals surface area contributed by atoms with Crippen LogP contribution in [-0.4, -0.2) is 32.6 Å². The van der Waals surface area contributed by atoms with Crippen LogP contribution in [-0.2, 0) is 7.05 Å². The second-order valence-electron chi connectivity index (χ2n) is 7.57. The van der Waals surface area contributed by atoms with Crippen molar-refractivity contribution < 1.29 is 0 Å². The van der Waals surface area contributed by atoms with Crippen molar-refractivity contribution in [2.45, 2.75) is 27.2 Å². The van der Waals surface area contributed by atoms with E-state index in [4.69, 9.17) is 4.98 Å². The van der Waals surface area contributed by atoms with Crippen molar-refractivity contribution in [3.63, 3.8) is 0 Å². The lowest BCUT2D eigenvalue weighted by molar-refractivity contribution is 0.321. The Hall–Kier alpha value is -2.63. The molecule has 2 unspecified atom stereocenters. The Bertz CT molecular complexity index is 931. The highest BCUT2D eigenvalue weighted by molar-refractivity contribution is 5.85. The first kappa shape index (κ1) is 16.8. The number of hydrogen-bond acceptors (Lipinski definition) is 5. The molecular formula is C20H26N6. The van der Waals surface area contributed by atoms with Crippen molar-refractivity contribution in [1.29, 1.82) is 0 Å². The van der Waals surface area contributed by atoms with Gasteiger partial charge in [0, 0.05) is 50.2 Å². The topological polar surface area (TPSA) is 58.9 Å². The molecule has 6 heteroatoms. The summed E-state index contributed by atoms with van der Waals surface area (Å²) in [7, 11) is 2.06. The fourth-order valence-electron chi connectivity index (χ4n) is 3.68. The van der Waals surface area contributed by atoms with Crippen molar-refractivity contribution in [2.75, 3.05) is 23.3 Å². The number of anilines is 3. The number of rotatable bonds is 3. The Morgan fingerprint density at radius 2 is 2.00 bits per heavy atom. The van der Waals surface area contributed by atoms with Crippen LogP contribution in [0.15, 0.2) is 30.7 Å². The maximum Gasteiger partial charge on any atom is 0.227 e. The molecule has 0 aromatic carbocycles. The molecule has 1 aliphatic rings. The Labute approximate surface area is 154 Å². The van der Waals surface area contributed by atoms with Crippen LogP contribution in [0.2, 0.25) is 0 Å². The average Bonchev–Trinajstić information content (AvgIpc) is 2.91. The van der Waals surface area contributed by atoms with Gasteiger partial charge in [0.05, 0.1) is 5.52 Å². The predicted octanol–water partition coefficient (Wildman–Crippen LogP) is 3.90. The van der Waals surface area contributed by atoms with Crippen molar-refractivity contribution >= 4 is 28.5 Å². The Kier molecular flexibility index (Phi) is 4.26. The molecule has 2 atom stereocenters. The van der Waals surface area contributed by atoms with Gasteiger partial charge >= 0.3 is 0 Å². The first-order chi connectivity index (χ1) is 12.5. The maximum atomic E-state index is 4.72. The summed E-state index contributed by atoms with van der Waals surface area (Å²) in [6, 6.07) is 3.95. The van der Waals surface area contributed by atoms with Crippen LogP contribution in [0.1, 0.15) is 25.8 Å². The van der Waals surface area contributed by atoms with E-state index in [2.05, 4.69) is 64.8 Å². The molecule has 26 heavy (non-hydrogen) atoms. The molecule has 4 heterocycles. The van der Waals surface area contributed by atoms with Gasteiger partial charge in [0.15, 0.2) is 0 Å². The van der Waals surface area contributed by atoms with Crippen LogP contribution < -0.4 is 10.2 Å². The Balaban J connectivity index is 1.56. The van der Waals surface area contributed by atoms with Gasteiger partial charge in [0.2, 0.25) is 5.95 Å². The van der Waals surface area contributed by atoms with Crippen molar-refractivity contribution in [1.82, 2.24) is 19.5 Å². The van der Waals surface area contributed by atoms with Gasteiger partial charge in [-0.1, -0.05) is 13.8 Å². The van der Waals surface area contributed by atoms with Crippen LogP contribution >= 0.6 is 0 Å². The zero-order chi connectivity index (χ0) is 18.3. The van der Waals surface area contributed by atoms with Gasteiger partial charge in [-0.3, -0.25) is 0 Å². The summed E-state index contributed by atoms with van der Waals surface area (Å²) in [5.41, 5.74) is 2.40. The smallest absolute Gasteiger partial charge is 0.227 e. The second kappa shape index (κ2) is 6.59. The summed E-state index contributed by atoms with van der Waals surface area (Å²) in [4.78, 5) is 16.0. The molecule has 0 spiro atoms. The minimum absolute atomic E-state index is 0.661. The number of hydrogen-bond donors (Lipinski definition) is 1. The standard InChI is InChI=1S/C20H26N6/c1-13-6-8-26(12-14(13)2)20-21-7-5-18(24-20)23-19-9-17-16(10-22-19)15(3)11-25(17)4/h5,7,9-11,13-14H,6,8,12H2,1-4H3,(H,21,22,23,24). The zero-order valence-electron chi connectivity index (χ0n) is 15.9. The number of nitrogens with one attached hydrogen (secondary N) is 1. The maximum absolute atomic E-state index is 4.72. The van der Waals surface area contributed by atoms with E-state index >= 15 is 0 Å². The van der Waals surface area contributed by atoms with Crippen LogP contribution in [0, 0.1) is 18.8 Å². The molecule has 0 aliphatic carbocycles. The first-order valence-corrected chi connectivity index (χ1v) is 9.28. The van der Waals surface area contributed by atoms with E-state index in [1.165, 1.54) is 17.4 Å². The van der Waals surface area contributed by atoms with E-state index in [1.54, 1.807) is 0 Å². The molecule has 1 N–H and O–H groups in total. The number of piperidine rings is 1. The van der Waals surface area contributed by atoms with Gasteiger partial charge in [0.25, 0.3) is 0 Å². The number of aromatic nitrogens is 4. The molecular weight excluding hydrogens is 324 g/mol. The third-order valence-electron chi connectivity index (χ3n) is 5.59. The summed E-state index contributed by atoms with van der Waals surface area (Å²) in [5, 5.41) is 4.51. The van der Waals surface area contributed by atoms with E-state index in [1.807, 2.05) is 18.5 Å². The second-order valence-corrected chi connectivity index (χ2v) is 7.57. The van der Waals surface area contributed by atoms with Crippen molar-refractivity contribution in [2.24, 2.45) is 18.9 Å². The molecule has 4 rings (SSSR count). The summed E-state index contributed by atoms with van der Waals surface area (Å²) >= 11 is 0. The summed E-state index contributed by atoms with van der Waals surface area (Å²) in [5.74, 6) is 3.79. The Morgan fingerprint density at radius 3 is 2.81 bits per heavy atom. The first-order valence-electron chi connectivity index (χ1n) is 9.28. The molecule has 3 aromatic heterocycles. The van der Waals surface area contributed by atoms with Crippen LogP contribution in [0.4, 0.5) is 17.6 Å². The van der Waals surface area contributed by atoms with E-state index in [0.717, 1.165) is 42.1 Å².